The minimum atomic E-state index is -0.560. The second-order valence-corrected chi connectivity index (χ2v) is 1.38. The Hall–Kier alpha value is -0.450. The van der Waals surface area contributed by atoms with Gasteiger partial charge < -0.3 is 20.1 Å². The van der Waals surface area contributed by atoms with Gasteiger partial charge in [-0.2, -0.15) is 0 Å². The summed E-state index contributed by atoms with van der Waals surface area (Å²) in [6.07, 6.45) is -0.130. The molecule has 0 fully saturated rings. The van der Waals surface area contributed by atoms with Crippen LogP contribution in [0.1, 0.15) is 6.92 Å². The summed E-state index contributed by atoms with van der Waals surface area (Å²) < 4.78 is 0. The summed E-state index contributed by atoms with van der Waals surface area (Å²) in [5.74, 6) is 0. The molecule has 0 aliphatic heterocycles. The Morgan fingerprint density at radius 2 is 1.78 bits per heavy atom. The lowest BCUT2D eigenvalue weighted by Gasteiger charge is -1.90. The van der Waals surface area contributed by atoms with Crippen LogP contribution >= 0.6 is 0 Å². The second-order valence-electron chi connectivity index (χ2n) is 1.38. The van der Waals surface area contributed by atoms with Gasteiger partial charge in [-0.05, 0) is 6.92 Å². The van der Waals surface area contributed by atoms with Crippen molar-refractivity contribution in [2.75, 3.05) is 13.2 Å². The van der Waals surface area contributed by atoms with Gasteiger partial charge in [0, 0.05) is 0 Å². The lowest BCUT2D eigenvalue weighted by Crippen LogP contribution is -2.03. The third kappa shape index (κ3) is 35.8. The molecule has 4 heteroatoms. The molecule has 0 aliphatic carbocycles. The van der Waals surface area contributed by atoms with E-state index in [2.05, 4.69) is 0 Å². The number of aliphatic hydroxyl groups is 3. The molecule has 0 aromatic heterocycles. The largest absolute Gasteiger partial charge is 0.394 e. The molecule has 0 rings (SSSR count). The van der Waals surface area contributed by atoms with Crippen molar-refractivity contribution in [1.82, 2.24) is 0 Å². The van der Waals surface area contributed by atoms with Crippen molar-refractivity contribution in [2.45, 2.75) is 13.0 Å². The molecule has 56 valence electrons. The van der Waals surface area contributed by atoms with Gasteiger partial charge in [0.15, 0.2) is 0 Å². The van der Waals surface area contributed by atoms with E-state index in [0.717, 1.165) is 0 Å². The smallest absolute Gasteiger partial charge is 0.145 e. The Kier molecular flexibility index (Phi) is 13.3. The topological polar surface area (TPSA) is 77.8 Å². The number of hydrogen-bond acceptors (Lipinski definition) is 4. The second kappa shape index (κ2) is 10.5. The molecule has 3 N–H and O–H groups in total. The molecule has 1 atom stereocenters. The molecular weight excluding hydrogens is 124 g/mol. The van der Waals surface area contributed by atoms with Gasteiger partial charge in [-0.15, -0.1) is 0 Å². The van der Waals surface area contributed by atoms with Gasteiger partial charge in [-0.25, -0.2) is 0 Å². The molecule has 0 aromatic rings. The van der Waals surface area contributed by atoms with Crippen molar-refractivity contribution in [2.24, 2.45) is 0 Å². The van der Waals surface area contributed by atoms with Crippen LogP contribution in [0, 0.1) is 0 Å². The normalized spacial score (nSPS) is 11.1. The molecule has 0 amide bonds. The Balaban J connectivity index is 0. The van der Waals surface area contributed by atoms with Gasteiger partial charge >= 0.3 is 0 Å². The van der Waals surface area contributed by atoms with Crippen molar-refractivity contribution in [3.63, 3.8) is 0 Å². The Morgan fingerprint density at radius 3 is 1.78 bits per heavy atom. The van der Waals surface area contributed by atoms with Gasteiger partial charge in [0.05, 0.1) is 19.3 Å². The van der Waals surface area contributed by atoms with Crippen LogP contribution in [0.5, 0.6) is 0 Å². The summed E-state index contributed by atoms with van der Waals surface area (Å²) in [7, 11) is 0. The summed E-state index contributed by atoms with van der Waals surface area (Å²) in [6.45, 7) is 1.03. The first kappa shape index (κ1) is 11.4. The fourth-order valence-electron chi connectivity index (χ4n) is 0. The average Bonchev–Trinajstić information content (AvgIpc) is 1.89. The van der Waals surface area contributed by atoms with Crippen LogP contribution in [0.15, 0.2) is 0 Å². The third-order valence-electron chi connectivity index (χ3n) is 0.339. The molecule has 0 radical (unpaired) electrons. The van der Waals surface area contributed by atoms with E-state index in [1.54, 1.807) is 0 Å². The molecular formula is C5H12O4. The molecule has 4 nitrogen and oxygen atoms in total. The van der Waals surface area contributed by atoms with Crippen LogP contribution in [0.2, 0.25) is 0 Å². The zero-order valence-corrected chi connectivity index (χ0v) is 5.32. The van der Waals surface area contributed by atoms with Crippen LogP contribution < -0.4 is 0 Å². The molecule has 0 saturated heterocycles. The zero-order valence-electron chi connectivity index (χ0n) is 5.32. The van der Waals surface area contributed by atoms with E-state index in [4.69, 9.17) is 20.1 Å². The molecule has 0 heterocycles. The van der Waals surface area contributed by atoms with Crippen molar-refractivity contribution >= 4 is 6.29 Å². The molecule has 0 bridgehead atoms. The fourth-order valence-corrected chi connectivity index (χ4v) is 0. The molecule has 0 aromatic carbocycles. The number of rotatable bonds is 2. The fraction of sp³-hybridized carbons (Fsp3) is 0.800. The Labute approximate surface area is 53.7 Å². The SMILES string of the molecule is CC(O)CO.O=CCO. The highest BCUT2D eigenvalue weighted by atomic mass is 16.3. The predicted molar refractivity (Wildman–Crippen MR) is 31.9 cm³/mol. The van der Waals surface area contributed by atoms with Gasteiger partial charge in [0.1, 0.15) is 6.29 Å². The highest BCUT2D eigenvalue weighted by Gasteiger charge is 1.83. The summed E-state index contributed by atoms with van der Waals surface area (Å²) in [4.78, 5) is 8.92. The number of hydrogen-bond donors (Lipinski definition) is 3. The maximum absolute atomic E-state index is 8.92. The number of carbonyl (C=O) groups excluding carboxylic acids is 1. The average molecular weight is 136 g/mol. The van der Waals surface area contributed by atoms with Crippen molar-refractivity contribution in [1.29, 1.82) is 0 Å². The first-order valence-electron chi connectivity index (χ1n) is 2.52. The molecule has 1 unspecified atom stereocenters. The minimum Gasteiger partial charge on any atom is -0.394 e. The quantitative estimate of drug-likeness (QED) is 0.405. The van der Waals surface area contributed by atoms with E-state index in [1.807, 2.05) is 0 Å². The van der Waals surface area contributed by atoms with Crippen LogP contribution in [-0.2, 0) is 4.79 Å². The first-order chi connectivity index (χ1) is 4.18. The van der Waals surface area contributed by atoms with Crippen LogP contribution in [0.25, 0.3) is 0 Å². The number of carbonyl (C=O) groups is 1. The predicted octanol–water partition coefficient (Wildman–Crippen LogP) is -1.46. The summed E-state index contributed by atoms with van der Waals surface area (Å²) in [5.41, 5.74) is 0. The lowest BCUT2D eigenvalue weighted by molar-refractivity contribution is -0.110. The maximum Gasteiger partial charge on any atom is 0.145 e. The maximum atomic E-state index is 8.92. The van der Waals surface area contributed by atoms with E-state index in [9.17, 15) is 0 Å². The minimum absolute atomic E-state index is 0.139. The van der Waals surface area contributed by atoms with Crippen LogP contribution in [0.3, 0.4) is 0 Å². The highest BCUT2D eigenvalue weighted by molar-refractivity contribution is 5.49. The van der Waals surface area contributed by atoms with E-state index >= 15 is 0 Å². The van der Waals surface area contributed by atoms with Crippen molar-refractivity contribution < 1.29 is 20.1 Å². The van der Waals surface area contributed by atoms with Gasteiger partial charge in [0.2, 0.25) is 0 Å². The molecule has 9 heavy (non-hydrogen) atoms. The van der Waals surface area contributed by atoms with Gasteiger partial charge in [0.25, 0.3) is 0 Å². The summed E-state index contributed by atoms with van der Waals surface area (Å²) >= 11 is 0. The third-order valence-corrected chi connectivity index (χ3v) is 0.339. The van der Waals surface area contributed by atoms with E-state index < -0.39 is 6.10 Å². The Morgan fingerprint density at radius 1 is 1.56 bits per heavy atom. The molecule has 0 spiro atoms. The highest BCUT2D eigenvalue weighted by Crippen LogP contribution is 1.68. The van der Waals surface area contributed by atoms with E-state index in [-0.39, 0.29) is 13.2 Å². The summed E-state index contributed by atoms with van der Waals surface area (Å²) in [5, 5.41) is 23.5. The van der Waals surface area contributed by atoms with E-state index in [1.165, 1.54) is 6.92 Å². The molecule has 0 saturated carbocycles. The monoisotopic (exact) mass is 136 g/mol. The first-order valence-corrected chi connectivity index (χ1v) is 2.52. The van der Waals surface area contributed by atoms with Crippen molar-refractivity contribution in [3.05, 3.63) is 0 Å². The van der Waals surface area contributed by atoms with Gasteiger partial charge in [-0.3, -0.25) is 0 Å². The van der Waals surface area contributed by atoms with Gasteiger partial charge in [-0.1, -0.05) is 0 Å². The van der Waals surface area contributed by atoms with Crippen LogP contribution in [-0.4, -0.2) is 40.9 Å². The standard InChI is InChI=1S/C3H8O2.C2H4O2/c1-3(5)2-4;3-1-2-4/h3-5H,2H2,1H3;1,4H,2H2. The van der Waals surface area contributed by atoms with Crippen LogP contribution in [0.4, 0.5) is 0 Å². The lowest BCUT2D eigenvalue weighted by atomic mass is 10.5. The zero-order chi connectivity index (χ0) is 7.70. The number of aldehydes is 1. The Bertz CT molecular complexity index is 52.9. The summed E-state index contributed by atoms with van der Waals surface area (Å²) in [6, 6.07) is 0. The van der Waals surface area contributed by atoms with Crippen molar-refractivity contribution in [3.8, 4) is 0 Å². The molecule has 0 aliphatic rings. The number of aliphatic hydroxyl groups excluding tert-OH is 3. The van der Waals surface area contributed by atoms with E-state index in [0.29, 0.717) is 6.29 Å².